The van der Waals surface area contributed by atoms with Gasteiger partial charge in [-0.1, -0.05) is 13.8 Å². The molecule has 0 rings (SSSR count). The maximum atomic E-state index is 10.8. The molecule has 0 radical (unpaired) electrons. The molecule has 0 saturated carbocycles. The molecule has 0 aromatic rings. The summed E-state index contributed by atoms with van der Waals surface area (Å²) in [4.78, 5) is 10.8. The SMILES string of the molecule is CC.CCOC(=O)C(C)(C)C. The van der Waals surface area contributed by atoms with Crippen molar-refractivity contribution >= 4 is 5.97 Å². The van der Waals surface area contributed by atoms with Gasteiger partial charge in [-0.3, -0.25) is 4.79 Å². The molecule has 0 unspecified atom stereocenters. The van der Waals surface area contributed by atoms with E-state index in [-0.39, 0.29) is 11.4 Å². The van der Waals surface area contributed by atoms with Crippen LogP contribution in [0.5, 0.6) is 0 Å². The lowest BCUT2D eigenvalue weighted by atomic mass is 9.97. The maximum Gasteiger partial charge on any atom is 0.311 e. The van der Waals surface area contributed by atoms with E-state index in [0.717, 1.165) is 0 Å². The zero-order valence-electron chi connectivity index (χ0n) is 8.52. The normalized spacial score (nSPS) is 9.64. The minimum absolute atomic E-state index is 0.134. The number of hydrogen-bond acceptors (Lipinski definition) is 2. The van der Waals surface area contributed by atoms with E-state index in [0.29, 0.717) is 6.61 Å². The summed E-state index contributed by atoms with van der Waals surface area (Å²) in [6, 6.07) is 0. The third-order valence-corrected chi connectivity index (χ3v) is 0.888. The minimum Gasteiger partial charge on any atom is -0.466 e. The van der Waals surface area contributed by atoms with Gasteiger partial charge in [-0.25, -0.2) is 0 Å². The first-order valence-electron chi connectivity index (χ1n) is 4.15. The Morgan fingerprint density at radius 2 is 1.64 bits per heavy atom. The smallest absolute Gasteiger partial charge is 0.311 e. The van der Waals surface area contributed by atoms with Crippen molar-refractivity contribution in [2.24, 2.45) is 5.41 Å². The van der Waals surface area contributed by atoms with Crippen LogP contribution in [0.15, 0.2) is 0 Å². The number of esters is 1. The number of ether oxygens (including phenoxy) is 1. The molecule has 0 spiro atoms. The fraction of sp³-hybridized carbons (Fsp3) is 0.889. The van der Waals surface area contributed by atoms with Crippen molar-refractivity contribution in [3.05, 3.63) is 0 Å². The molecular formula is C9H20O2. The van der Waals surface area contributed by atoms with Crippen molar-refractivity contribution in [1.82, 2.24) is 0 Å². The van der Waals surface area contributed by atoms with E-state index in [1.807, 2.05) is 41.5 Å². The van der Waals surface area contributed by atoms with Gasteiger partial charge in [-0.05, 0) is 27.7 Å². The number of carbonyl (C=O) groups is 1. The molecule has 2 nitrogen and oxygen atoms in total. The third kappa shape index (κ3) is 7.37. The zero-order chi connectivity index (χ0) is 9.49. The van der Waals surface area contributed by atoms with E-state index in [4.69, 9.17) is 4.74 Å². The van der Waals surface area contributed by atoms with Crippen LogP contribution in [0.3, 0.4) is 0 Å². The molecule has 0 heterocycles. The van der Waals surface area contributed by atoms with E-state index in [9.17, 15) is 4.79 Å². The summed E-state index contributed by atoms with van der Waals surface area (Å²) in [5, 5.41) is 0. The summed E-state index contributed by atoms with van der Waals surface area (Å²) in [5.74, 6) is -0.134. The van der Waals surface area contributed by atoms with E-state index < -0.39 is 0 Å². The molecule has 0 bridgehead atoms. The summed E-state index contributed by atoms with van der Waals surface area (Å²) in [5.41, 5.74) is -0.351. The van der Waals surface area contributed by atoms with Crippen molar-refractivity contribution in [2.75, 3.05) is 6.61 Å². The Balaban J connectivity index is 0. The van der Waals surface area contributed by atoms with Crippen LogP contribution in [0.4, 0.5) is 0 Å². The molecule has 0 amide bonds. The average Bonchev–Trinajstić information content (AvgIpc) is 1.91. The Kier molecular flexibility index (Phi) is 7.37. The Bertz CT molecular complexity index is 101. The summed E-state index contributed by atoms with van der Waals surface area (Å²) in [7, 11) is 0. The van der Waals surface area contributed by atoms with Crippen LogP contribution in [0.2, 0.25) is 0 Å². The standard InChI is InChI=1S/C7H14O2.C2H6/c1-5-9-6(8)7(2,3)4;1-2/h5H2,1-4H3;1-2H3. The predicted molar refractivity (Wildman–Crippen MR) is 47.4 cm³/mol. The first-order chi connectivity index (χ1) is 4.98. The van der Waals surface area contributed by atoms with Gasteiger partial charge in [-0.2, -0.15) is 0 Å². The third-order valence-electron chi connectivity index (χ3n) is 0.888. The van der Waals surface area contributed by atoms with Crippen LogP contribution >= 0.6 is 0 Å². The Morgan fingerprint density at radius 3 is 1.73 bits per heavy atom. The minimum atomic E-state index is -0.351. The van der Waals surface area contributed by atoms with Crippen molar-refractivity contribution < 1.29 is 9.53 Å². The Morgan fingerprint density at radius 1 is 1.27 bits per heavy atom. The molecule has 0 atom stereocenters. The van der Waals surface area contributed by atoms with Crippen molar-refractivity contribution in [2.45, 2.75) is 41.5 Å². The molecule has 0 aromatic heterocycles. The lowest BCUT2D eigenvalue weighted by Gasteiger charge is -2.14. The van der Waals surface area contributed by atoms with Gasteiger partial charge in [0.05, 0.1) is 12.0 Å². The van der Waals surface area contributed by atoms with E-state index in [1.54, 1.807) is 0 Å². The molecule has 0 aliphatic heterocycles. The highest BCUT2D eigenvalue weighted by Gasteiger charge is 2.21. The molecule has 0 aromatic carbocycles. The van der Waals surface area contributed by atoms with E-state index in [1.165, 1.54) is 0 Å². The van der Waals surface area contributed by atoms with E-state index >= 15 is 0 Å². The average molecular weight is 160 g/mol. The summed E-state index contributed by atoms with van der Waals surface area (Å²) in [6.45, 7) is 11.8. The van der Waals surface area contributed by atoms with Crippen LogP contribution in [0, 0.1) is 5.41 Å². The Labute approximate surface area is 69.9 Å². The second-order valence-corrected chi connectivity index (χ2v) is 2.97. The van der Waals surface area contributed by atoms with Gasteiger partial charge in [0.15, 0.2) is 0 Å². The van der Waals surface area contributed by atoms with Crippen LogP contribution in [-0.2, 0) is 9.53 Å². The zero-order valence-corrected chi connectivity index (χ0v) is 8.52. The molecule has 0 aliphatic rings. The molecule has 11 heavy (non-hydrogen) atoms. The van der Waals surface area contributed by atoms with Crippen LogP contribution in [0.25, 0.3) is 0 Å². The lowest BCUT2D eigenvalue weighted by Crippen LogP contribution is -2.22. The predicted octanol–water partition coefficient (Wildman–Crippen LogP) is 2.62. The summed E-state index contributed by atoms with van der Waals surface area (Å²) in [6.07, 6.45) is 0. The van der Waals surface area contributed by atoms with Gasteiger partial charge < -0.3 is 4.74 Å². The molecule has 0 aliphatic carbocycles. The second-order valence-electron chi connectivity index (χ2n) is 2.97. The first kappa shape index (κ1) is 13.1. The van der Waals surface area contributed by atoms with Gasteiger partial charge in [0.2, 0.25) is 0 Å². The number of rotatable bonds is 1. The molecule has 0 saturated heterocycles. The molecule has 0 fully saturated rings. The van der Waals surface area contributed by atoms with Crippen LogP contribution < -0.4 is 0 Å². The molecular weight excluding hydrogens is 140 g/mol. The quantitative estimate of drug-likeness (QED) is 0.551. The molecule has 0 N–H and O–H groups in total. The topological polar surface area (TPSA) is 26.3 Å². The monoisotopic (exact) mass is 160 g/mol. The summed E-state index contributed by atoms with van der Waals surface area (Å²) >= 11 is 0. The second kappa shape index (κ2) is 6.20. The van der Waals surface area contributed by atoms with Crippen molar-refractivity contribution in [3.8, 4) is 0 Å². The Hall–Kier alpha value is -0.530. The highest BCUT2D eigenvalue weighted by atomic mass is 16.5. The largest absolute Gasteiger partial charge is 0.466 e. The lowest BCUT2D eigenvalue weighted by molar-refractivity contribution is -0.152. The van der Waals surface area contributed by atoms with Gasteiger partial charge >= 0.3 is 5.97 Å². The van der Waals surface area contributed by atoms with Crippen LogP contribution in [-0.4, -0.2) is 12.6 Å². The highest BCUT2D eigenvalue weighted by Crippen LogP contribution is 2.14. The number of carbonyl (C=O) groups excluding carboxylic acids is 1. The first-order valence-corrected chi connectivity index (χ1v) is 4.15. The maximum absolute atomic E-state index is 10.8. The van der Waals surface area contributed by atoms with Gasteiger partial charge in [0.25, 0.3) is 0 Å². The van der Waals surface area contributed by atoms with E-state index in [2.05, 4.69) is 0 Å². The highest BCUT2D eigenvalue weighted by molar-refractivity contribution is 5.75. The van der Waals surface area contributed by atoms with Gasteiger partial charge in [-0.15, -0.1) is 0 Å². The number of hydrogen-bond donors (Lipinski definition) is 0. The van der Waals surface area contributed by atoms with Crippen LogP contribution in [0.1, 0.15) is 41.5 Å². The molecule has 2 heteroatoms. The van der Waals surface area contributed by atoms with Crippen molar-refractivity contribution in [1.29, 1.82) is 0 Å². The fourth-order valence-electron chi connectivity index (χ4n) is 0.348. The fourth-order valence-corrected chi connectivity index (χ4v) is 0.348. The molecule has 68 valence electrons. The van der Waals surface area contributed by atoms with Gasteiger partial charge in [0, 0.05) is 0 Å². The van der Waals surface area contributed by atoms with Gasteiger partial charge in [0.1, 0.15) is 0 Å². The van der Waals surface area contributed by atoms with Crippen molar-refractivity contribution in [3.63, 3.8) is 0 Å². The summed E-state index contributed by atoms with van der Waals surface area (Å²) < 4.78 is 4.77.